The van der Waals surface area contributed by atoms with Crippen LogP contribution in [0.5, 0.6) is 5.88 Å². The summed E-state index contributed by atoms with van der Waals surface area (Å²) < 4.78 is 5.02. The highest BCUT2D eigenvalue weighted by molar-refractivity contribution is 5.39. The van der Waals surface area contributed by atoms with Crippen molar-refractivity contribution in [1.29, 1.82) is 0 Å². The fourth-order valence-corrected chi connectivity index (χ4v) is 2.56. The quantitative estimate of drug-likeness (QED) is 0.873. The predicted octanol–water partition coefficient (Wildman–Crippen LogP) is 1.17. The molecule has 2 aromatic heterocycles. The monoisotopic (exact) mass is 274 g/mol. The van der Waals surface area contributed by atoms with Crippen molar-refractivity contribution < 1.29 is 4.74 Å². The molecule has 0 bridgehead atoms. The number of rotatable bonds is 3. The van der Waals surface area contributed by atoms with Crippen LogP contribution >= 0.6 is 0 Å². The van der Waals surface area contributed by atoms with Gasteiger partial charge in [-0.2, -0.15) is 5.10 Å². The van der Waals surface area contributed by atoms with Gasteiger partial charge in [0, 0.05) is 31.1 Å². The fraction of sp³-hybridized carbons (Fsp3) is 0.462. The molecule has 0 spiro atoms. The van der Waals surface area contributed by atoms with Gasteiger partial charge in [-0.3, -0.25) is 5.10 Å². The molecule has 7 nitrogen and oxygen atoms in total. The predicted molar refractivity (Wildman–Crippen MR) is 75.8 cm³/mol. The number of ether oxygens (including phenoxy) is 1. The molecule has 1 aliphatic rings. The van der Waals surface area contributed by atoms with Gasteiger partial charge in [0.1, 0.15) is 5.82 Å². The van der Waals surface area contributed by atoms with Crippen molar-refractivity contribution in [3.05, 3.63) is 23.9 Å². The highest BCUT2D eigenvalue weighted by Crippen LogP contribution is 2.29. The number of aromatic nitrogens is 4. The number of H-pyrrole nitrogens is 1. The van der Waals surface area contributed by atoms with Crippen LogP contribution in [0.4, 0.5) is 11.6 Å². The summed E-state index contributed by atoms with van der Waals surface area (Å²) in [5, 5.41) is 15.2. The summed E-state index contributed by atoms with van der Waals surface area (Å²) in [5.74, 6) is 2.52. The minimum atomic E-state index is 0.464. The van der Waals surface area contributed by atoms with Crippen LogP contribution in [0, 0.1) is 0 Å². The van der Waals surface area contributed by atoms with Crippen molar-refractivity contribution in [2.45, 2.75) is 18.8 Å². The number of nitrogens with zero attached hydrogens (tertiary/aromatic N) is 4. The van der Waals surface area contributed by atoms with Crippen molar-refractivity contribution in [3.63, 3.8) is 0 Å². The molecule has 0 saturated carbocycles. The molecule has 7 heteroatoms. The Morgan fingerprint density at radius 2 is 2.10 bits per heavy atom. The average molecular weight is 274 g/mol. The Kier molecular flexibility index (Phi) is 3.41. The van der Waals surface area contributed by atoms with Gasteiger partial charge in [0.2, 0.25) is 5.88 Å². The molecule has 0 aromatic carbocycles. The van der Waals surface area contributed by atoms with Gasteiger partial charge in [0.15, 0.2) is 5.82 Å². The van der Waals surface area contributed by atoms with Crippen LogP contribution in [0.25, 0.3) is 0 Å². The van der Waals surface area contributed by atoms with Gasteiger partial charge in [0.05, 0.1) is 12.8 Å². The topological polar surface area (TPSA) is 93.0 Å². The minimum Gasteiger partial charge on any atom is -0.480 e. The summed E-state index contributed by atoms with van der Waals surface area (Å²) in [6.07, 6.45) is 2.08. The SMILES string of the molecule is COc1ccc(N2CCC(c3cc(N)[nH]n3)CC2)nn1. The van der Waals surface area contributed by atoms with E-state index in [0.717, 1.165) is 37.4 Å². The molecule has 3 rings (SSSR count). The summed E-state index contributed by atoms with van der Waals surface area (Å²) >= 11 is 0. The molecule has 1 saturated heterocycles. The van der Waals surface area contributed by atoms with Crippen molar-refractivity contribution >= 4 is 11.6 Å². The van der Waals surface area contributed by atoms with Crippen LogP contribution < -0.4 is 15.4 Å². The zero-order chi connectivity index (χ0) is 13.9. The van der Waals surface area contributed by atoms with Crippen molar-refractivity contribution in [2.75, 3.05) is 30.8 Å². The number of anilines is 2. The third-order valence-electron chi connectivity index (χ3n) is 3.69. The zero-order valence-corrected chi connectivity index (χ0v) is 11.4. The van der Waals surface area contributed by atoms with Crippen molar-refractivity contribution in [1.82, 2.24) is 20.4 Å². The summed E-state index contributed by atoms with van der Waals surface area (Å²) in [7, 11) is 1.59. The van der Waals surface area contributed by atoms with E-state index in [1.54, 1.807) is 7.11 Å². The molecule has 0 amide bonds. The molecular weight excluding hydrogens is 256 g/mol. The van der Waals surface area contributed by atoms with E-state index in [2.05, 4.69) is 25.3 Å². The molecule has 20 heavy (non-hydrogen) atoms. The lowest BCUT2D eigenvalue weighted by Gasteiger charge is -2.31. The molecule has 2 aromatic rings. The first-order valence-electron chi connectivity index (χ1n) is 6.69. The van der Waals surface area contributed by atoms with E-state index < -0.39 is 0 Å². The van der Waals surface area contributed by atoms with Crippen LogP contribution in [-0.4, -0.2) is 40.6 Å². The molecule has 0 aliphatic carbocycles. The molecule has 3 N–H and O–H groups in total. The molecule has 0 atom stereocenters. The lowest BCUT2D eigenvalue weighted by Crippen LogP contribution is -2.33. The number of nitrogens with one attached hydrogen (secondary N) is 1. The maximum absolute atomic E-state index is 5.67. The standard InChI is InChI=1S/C13H18N6O/c1-20-13-3-2-12(17-18-13)19-6-4-9(5-7-19)10-8-11(14)16-15-10/h2-3,8-9H,4-7H2,1H3,(H3,14,15,16). The van der Waals surface area contributed by atoms with E-state index in [4.69, 9.17) is 10.5 Å². The van der Waals surface area contributed by atoms with Crippen LogP contribution in [-0.2, 0) is 0 Å². The third-order valence-corrected chi connectivity index (χ3v) is 3.69. The number of hydrogen-bond donors (Lipinski definition) is 2. The Labute approximate surface area is 117 Å². The largest absolute Gasteiger partial charge is 0.480 e. The highest BCUT2D eigenvalue weighted by Gasteiger charge is 2.23. The smallest absolute Gasteiger partial charge is 0.233 e. The van der Waals surface area contributed by atoms with Crippen molar-refractivity contribution in [2.24, 2.45) is 0 Å². The summed E-state index contributed by atoms with van der Waals surface area (Å²) in [6.45, 7) is 1.89. The first-order valence-corrected chi connectivity index (χ1v) is 6.69. The first-order chi connectivity index (χ1) is 9.76. The van der Waals surface area contributed by atoms with Gasteiger partial charge in [-0.25, -0.2) is 0 Å². The van der Waals surface area contributed by atoms with Crippen LogP contribution in [0.1, 0.15) is 24.5 Å². The molecule has 0 unspecified atom stereocenters. The van der Waals surface area contributed by atoms with Crippen LogP contribution in [0.3, 0.4) is 0 Å². The van der Waals surface area contributed by atoms with Gasteiger partial charge in [-0.15, -0.1) is 10.2 Å². The number of nitrogens with two attached hydrogens (primary N) is 1. The van der Waals surface area contributed by atoms with Gasteiger partial charge in [0.25, 0.3) is 0 Å². The second-order valence-electron chi connectivity index (χ2n) is 4.94. The Morgan fingerprint density at radius 3 is 2.65 bits per heavy atom. The lowest BCUT2D eigenvalue weighted by atomic mass is 9.93. The van der Waals surface area contributed by atoms with Gasteiger partial charge in [-0.1, -0.05) is 0 Å². The minimum absolute atomic E-state index is 0.464. The first kappa shape index (κ1) is 12.7. The van der Waals surface area contributed by atoms with Crippen LogP contribution in [0.15, 0.2) is 18.2 Å². The van der Waals surface area contributed by atoms with Gasteiger partial charge < -0.3 is 15.4 Å². The molecule has 106 valence electrons. The van der Waals surface area contributed by atoms with E-state index >= 15 is 0 Å². The average Bonchev–Trinajstić information content (AvgIpc) is 2.94. The number of methoxy groups -OCH3 is 1. The Morgan fingerprint density at radius 1 is 1.30 bits per heavy atom. The fourth-order valence-electron chi connectivity index (χ4n) is 2.56. The van der Waals surface area contributed by atoms with Crippen LogP contribution in [0.2, 0.25) is 0 Å². The van der Waals surface area contributed by atoms with E-state index in [1.165, 1.54) is 0 Å². The van der Waals surface area contributed by atoms with E-state index in [9.17, 15) is 0 Å². The second kappa shape index (κ2) is 5.36. The summed E-state index contributed by atoms with van der Waals surface area (Å²) in [5.41, 5.74) is 6.73. The molecule has 0 radical (unpaired) electrons. The summed E-state index contributed by atoms with van der Waals surface area (Å²) in [6, 6.07) is 5.70. The van der Waals surface area contributed by atoms with E-state index in [-0.39, 0.29) is 0 Å². The van der Waals surface area contributed by atoms with Gasteiger partial charge >= 0.3 is 0 Å². The molecular formula is C13H18N6O. The summed E-state index contributed by atoms with van der Waals surface area (Å²) in [4.78, 5) is 2.24. The zero-order valence-electron chi connectivity index (χ0n) is 11.4. The lowest BCUT2D eigenvalue weighted by molar-refractivity contribution is 0.391. The second-order valence-corrected chi connectivity index (χ2v) is 4.94. The van der Waals surface area contributed by atoms with Gasteiger partial charge in [-0.05, 0) is 18.9 Å². The number of aromatic amines is 1. The van der Waals surface area contributed by atoms with E-state index in [1.807, 2.05) is 18.2 Å². The molecule has 1 aliphatic heterocycles. The maximum Gasteiger partial charge on any atom is 0.233 e. The maximum atomic E-state index is 5.67. The number of hydrogen-bond acceptors (Lipinski definition) is 6. The Hall–Kier alpha value is -2.31. The van der Waals surface area contributed by atoms with E-state index in [0.29, 0.717) is 17.6 Å². The Balaban J connectivity index is 1.63. The normalized spacial score (nSPS) is 16.4. The number of nitrogen functional groups attached to an aromatic ring is 1. The highest BCUT2D eigenvalue weighted by atomic mass is 16.5. The Bertz CT molecular complexity index is 558. The molecule has 3 heterocycles. The van der Waals surface area contributed by atoms with Crippen molar-refractivity contribution in [3.8, 4) is 5.88 Å². The molecule has 1 fully saturated rings. The third kappa shape index (κ3) is 2.52. The number of piperidine rings is 1.